The van der Waals surface area contributed by atoms with Crippen LogP contribution in [0.3, 0.4) is 0 Å². The van der Waals surface area contributed by atoms with Gasteiger partial charge in [0.05, 0.1) is 0 Å². The first-order valence-corrected chi connectivity index (χ1v) is 9.01. The summed E-state index contributed by atoms with van der Waals surface area (Å²) in [6.07, 6.45) is 3.76. The number of fused-ring (bicyclic) bond motifs is 2. The molecule has 2 aliphatic rings. The Morgan fingerprint density at radius 3 is 2.19 bits per heavy atom. The van der Waals surface area contributed by atoms with Crippen LogP contribution in [0.15, 0.2) is 48.5 Å². The van der Waals surface area contributed by atoms with Gasteiger partial charge in [-0.3, -0.25) is 9.59 Å². The molecule has 2 aromatic rings. The smallest absolute Gasteiger partial charge is 0.254 e. The number of hydrogen-bond acceptors (Lipinski definition) is 2. The van der Waals surface area contributed by atoms with E-state index in [-0.39, 0.29) is 23.8 Å². The highest BCUT2D eigenvalue weighted by molar-refractivity contribution is 5.99. The van der Waals surface area contributed by atoms with Gasteiger partial charge in [-0.1, -0.05) is 18.2 Å². The SMILES string of the molecule is NC(=O)c1cccc(C(=O)N2[C@@H]3CC[C@H]2CC(c2ccc(F)cc2)C3)c1. The largest absolute Gasteiger partial charge is 0.366 e. The Bertz CT molecular complexity index is 835. The molecule has 0 aromatic heterocycles. The molecule has 2 N–H and O–H groups in total. The highest BCUT2D eigenvalue weighted by atomic mass is 19.1. The number of nitrogens with zero attached hydrogens (tertiary/aromatic N) is 1. The van der Waals surface area contributed by atoms with Crippen LogP contribution >= 0.6 is 0 Å². The average Bonchev–Trinajstić information content (AvgIpc) is 2.91. The summed E-state index contributed by atoms with van der Waals surface area (Å²) in [5.74, 6) is -0.427. The Hall–Kier alpha value is -2.69. The van der Waals surface area contributed by atoms with Gasteiger partial charge < -0.3 is 10.6 Å². The number of carbonyl (C=O) groups is 2. The zero-order valence-electron chi connectivity index (χ0n) is 14.4. The van der Waals surface area contributed by atoms with Crippen LogP contribution in [0.5, 0.6) is 0 Å². The highest BCUT2D eigenvalue weighted by Gasteiger charge is 2.43. The molecule has 2 aliphatic heterocycles. The predicted octanol–water partition coefficient (Wildman–Crippen LogP) is 3.48. The molecule has 4 rings (SSSR count). The quantitative estimate of drug-likeness (QED) is 0.919. The molecule has 0 spiro atoms. The van der Waals surface area contributed by atoms with Crippen LogP contribution in [0.1, 0.15) is 57.9 Å². The minimum atomic E-state index is -0.530. The van der Waals surface area contributed by atoms with Gasteiger partial charge in [0.15, 0.2) is 0 Å². The van der Waals surface area contributed by atoms with Crippen LogP contribution in [0, 0.1) is 5.82 Å². The fourth-order valence-electron chi connectivity index (χ4n) is 4.47. The molecule has 2 bridgehead atoms. The lowest BCUT2D eigenvalue weighted by Gasteiger charge is -2.39. The van der Waals surface area contributed by atoms with E-state index < -0.39 is 5.91 Å². The van der Waals surface area contributed by atoms with Crippen molar-refractivity contribution in [1.82, 2.24) is 4.90 Å². The maximum absolute atomic E-state index is 13.2. The molecule has 2 amide bonds. The number of primary amides is 1. The van der Waals surface area contributed by atoms with E-state index in [0.717, 1.165) is 31.2 Å². The number of piperidine rings is 1. The van der Waals surface area contributed by atoms with Crippen LogP contribution in [-0.2, 0) is 0 Å². The summed E-state index contributed by atoms with van der Waals surface area (Å²) >= 11 is 0. The van der Waals surface area contributed by atoms with E-state index in [0.29, 0.717) is 17.0 Å². The molecular formula is C21H21FN2O2. The molecule has 2 aromatic carbocycles. The van der Waals surface area contributed by atoms with Crippen molar-refractivity contribution < 1.29 is 14.0 Å². The topological polar surface area (TPSA) is 63.4 Å². The molecule has 1 unspecified atom stereocenters. The van der Waals surface area contributed by atoms with Crippen molar-refractivity contribution in [1.29, 1.82) is 0 Å². The summed E-state index contributed by atoms with van der Waals surface area (Å²) in [5.41, 5.74) is 7.34. The number of rotatable bonds is 3. The number of halogens is 1. The number of nitrogens with two attached hydrogens (primary N) is 1. The third-order valence-electron chi connectivity index (χ3n) is 5.70. The van der Waals surface area contributed by atoms with Gasteiger partial charge in [0, 0.05) is 23.2 Å². The molecule has 26 heavy (non-hydrogen) atoms. The second kappa shape index (κ2) is 6.56. The summed E-state index contributed by atoms with van der Waals surface area (Å²) in [6.45, 7) is 0. The molecule has 0 aliphatic carbocycles. The molecule has 0 saturated carbocycles. The van der Waals surface area contributed by atoms with E-state index in [9.17, 15) is 14.0 Å². The summed E-state index contributed by atoms with van der Waals surface area (Å²) in [6, 6.07) is 13.7. The minimum absolute atomic E-state index is 0.0295. The van der Waals surface area contributed by atoms with Crippen molar-refractivity contribution >= 4 is 11.8 Å². The zero-order chi connectivity index (χ0) is 18.3. The first kappa shape index (κ1) is 16.8. The first-order valence-electron chi connectivity index (χ1n) is 9.01. The minimum Gasteiger partial charge on any atom is -0.366 e. The maximum atomic E-state index is 13.2. The van der Waals surface area contributed by atoms with E-state index in [1.165, 1.54) is 12.1 Å². The Kier molecular flexibility index (Phi) is 4.23. The van der Waals surface area contributed by atoms with Crippen LogP contribution in [0.2, 0.25) is 0 Å². The second-order valence-electron chi connectivity index (χ2n) is 7.26. The molecular weight excluding hydrogens is 331 g/mol. The number of carbonyl (C=O) groups excluding carboxylic acids is 2. The van der Waals surface area contributed by atoms with Crippen molar-refractivity contribution in [2.45, 2.75) is 43.7 Å². The van der Waals surface area contributed by atoms with Crippen molar-refractivity contribution in [2.24, 2.45) is 5.73 Å². The van der Waals surface area contributed by atoms with Gasteiger partial charge in [-0.2, -0.15) is 0 Å². The van der Waals surface area contributed by atoms with E-state index in [1.54, 1.807) is 24.3 Å². The third kappa shape index (κ3) is 2.98. The molecule has 0 radical (unpaired) electrons. The molecule has 2 saturated heterocycles. The van der Waals surface area contributed by atoms with E-state index in [2.05, 4.69) is 0 Å². The average molecular weight is 352 g/mol. The van der Waals surface area contributed by atoms with Gasteiger partial charge in [0.25, 0.3) is 5.91 Å². The lowest BCUT2D eigenvalue weighted by atomic mass is 9.84. The maximum Gasteiger partial charge on any atom is 0.254 e. The van der Waals surface area contributed by atoms with E-state index >= 15 is 0 Å². The van der Waals surface area contributed by atoms with Crippen LogP contribution < -0.4 is 5.73 Å². The molecule has 4 nitrogen and oxygen atoms in total. The van der Waals surface area contributed by atoms with Crippen molar-refractivity contribution in [3.63, 3.8) is 0 Å². The molecule has 5 heteroatoms. The van der Waals surface area contributed by atoms with Crippen molar-refractivity contribution in [2.75, 3.05) is 0 Å². The van der Waals surface area contributed by atoms with Gasteiger partial charge in [0.2, 0.25) is 5.91 Å². The van der Waals surface area contributed by atoms with Crippen LogP contribution in [0.25, 0.3) is 0 Å². The van der Waals surface area contributed by atoms with Crippen molar-refractivity contribution in [3.8, 4) is 0 Å². The van der Waals surface area contributed by atoms with Crippen LogP contribution in [-0.4, -0.2) is 28.8 Å². The van der Waals surface area contributed by atoms with Gasteiger partial charge >= 0.3 is 0 Å². The molecule has 2 fully saturated rings. The number of benzene rings is 2. The summed E-state index contributed by atoms with van der Waals surface area (Å²) in [7, 11) is 0. The van der Waals surface area contributed by atoms with Gasteiger partial charge in [-0.15, -0.1) is 0 Å². The van der Waals surface area contributed by atoms with Crippen LogP contribution in [0.4, 0.5) is 4.39 Å². The molecule has 3 atom stereocenters. The summed E-state index contributed by atoms with van der Waals surface area (Å²) in [4.78, 5) is 26.4. The van der Waals surface area contributed by atoms with E-state index in [4.69, 9.17) is 5.73 Å². The third-order valence-corrected chi connectivity index (χ3v) is 5.70. The van der Waals surface area contributed by atoms with Gasteiger partial charge in [-0.25, -0.2) is 4.39 Å². The van der Waals surface area contributed by atoms with Crippen molar-refractivity contribution in [3.05, 3.63) is 71.0 Å². The van der Waals surface area contributed by atoms with Gasteiger partial charge in [-0.05, 0) is 67.5 Å². The fourth-order valence-corrected chi connectivity index (χ4v) is 4.47. The Labute approximate surface area is 151 Å². The fraction of sp³-hybridized carbons (Fsp3) is 0.333. The predicted molar refractivity (Wildman–Crippen MR) is 96.3 cm³/mol. The zero-order valence-corrected chi connectivity index (χ0v) is 14.4. The van der Waals surface area contributed by atoms with Gasteiger partial charge in [0.1, 0.15) is 5.82 Å². The number of hydrogen-bond donors (Lipinski definition) is 1. The molecule has 134 valence electrons. The second-order valence-corrected chi connectivity index (χ2v) is 7.26. The standard InChI is InChI=1S/C21H21FN2O2/c22-17-6-4-13(5-7-17)16-11-18-8-9-19(12-16)24(18)21(26)15-3-1-2-14(10-15)20(23)25/h1-7,10,16,18-19H,8-9,11-12H2,(H2,23,25)/t16?,18-,19+. The Balaban J connectivity index is 1.55. The highest BCUT2D eigenvalue weighted by Crippen LogP contribution is 2.43. The normalized spacial score (nSPS) is 24.5. The monoisotopic (exact) mass is 352 g/mol. The summed E-state index contributed by atoms with van der Waals surface area (Å²) < 4.78 is 13.2. The molecule has 2 heterocycles. The van der Waals surface area contributed by atoms with E-state index in [1.807, 2.05) is 17.0 Å². The Morgan fingerprint density at radius 1 is 0.962 bits per heavy atom. The lowest BCUT2D eigenvalue weighted by molar-refractivity contribution is 0.0571. The number of amides is 2. The lowest BCUT2D eigenvalue weighted by Crippen LogP contribution is -2.46. The summed E-state index contributed by atoms with van der Waals surface area (Å²) in [5, 5.41) is 0. The first-order chi connectivity index (χ1) is 12.5. The Morgan fingerprint density at radius 2 is 1.58 bits per heavy atom.